The average Bonchev–Trinajstić information content (AvgIpc) is 2.88. The number of benzene rings is 3. The Hall–Kier alpha value is -2.53. The van der Waals surface area contributed by atoms with Gasteiger partial charge in [-0.2, -0.15) is 0 Å². The van der Waals surface area contributed by atoms with Crippen molar-refractivity contribution in [2.75, 3.05) is 33.2 Å². The SMILES string of the molecule is CN(CC(CCN1CCC(c2cccc(O)c2)CC1)c1ccc(Cl)c(Cl)c1)C(=O)c1ccccc1. The van der Waals surface area contributed by atoms with Crippen LogP contribution in [0.4, 0.5) is 0 Å². The molecule has 1 unspecified atom stereocenters. The van der Waals surface area contributed by atoms with Crippen LogP contribution in [0.25, 0.3) is 0 Å². The molecule has 35 heavy (non-hydrogen) atoms. The normalized spacial score (nSPS) is 15.6. The van der Waals surface area contributed by atoms with Gasteiger partial charge in [-0.25, -0.2) is 0 Å². The summed E-state index contributed by atoms with van der Waals surface area (Å²) < 4.78 is 0. The highest BCUT2D eigenvalue weighted by molar-refractivity contribution is 6.42. The molecule has 0 aromatic heterocycles. The van der Waals surface area contributed by atoms with Crippen LogP contribution in [0, 0.1) is 0 Å². The summed E-state index contributed by atoms with van der Waals surface area (Å²) in [7, 11) is 1.86. The van der Waals surface area contributed by atoms with Gasteiger partial charge in [-0.1, -0.05) is 59.6 Å². The monoisotopic (exact) mass is 510 g/mol. The molecular formula is C29H32Cl2N2O2. The van der Waals surface area contributed by atoms with E-state index in [2.05, 4.69) is 11.0 Å². The summed E-state index contributed by atoms with van der Waals surface area (Å²) in [5.74, 6) is 0.983. The topological polar surface area (TPSA) is 43.8 Å². The van der Waals surface area contributed by atoms with Crippen LogP contribution in [-0.4, -0.2) is 54.0 Å². The molecule has 3 aromatic carbocycles. The summed E-state index contributed by atoms with van der Waals surface area (Å²) in [5, 5.41) is 10.9. The number of carbonyl (C=O) groups excluding carboxylic acids is 1. The van der Waals surface area contributed by atoms with Crippen LogP contribution >= 0.6 is 23.2 Å². The van der Waals surface area contributed by atoms with E-state index in [1.165, 1.54) is 5.56 Å². The second-order valence-corrected chi connectivity index (χ2v) is 10.2. The molecule has 4 rings (SSSR count). The first-order valence-electron chi connectivity index (χ1n) is 12.2. The molecule has 4 nitrogen and oxygen atoms in total. The molecule has 1 N–H and O–H groups in total. The minimum Gasteiger partial charge on any atom is -0.508 e. The van der Waals surface area contributed by atoms with Gasteiger partial charge in [-0.3, -0.25) is 4.79 Å². The maximum absolute atomic E-state index is 13.0. The fraction of sp³-hybridized carbons (Fsp3) is 0.345. The van der Waals surface area contributed by atoms with E-state index in [1.54, 1.807) is 11.0 Å². The number of hydrogen-bond donors (Lipinski definition) is 1. The summed E-state index contributed by atoms with van der Waals surface area (Å²) in [6, 6.07) is 22.8. The van der Waals surface area contributed by atoms with Gasteiger partial charge in [0.25, 0.3) is 5.91 Å². The van der Waals surface area contributed by atoms with Gasteiger partial charge >= 0.3 is 0 Å². The molecule has 0 bridgehead atoms. The van der Waals surface area contributed by atoms with Gasteiger partial charge in [-0.05, 0) is 92.3 Å². The predicted octanol–water partition coefficient (Wildman–Crippen LogP) is 6.82. The fourth-order valence-electron chi connectivity index (χ4n) is 4.95. The summed E-state index contributed by atoms with van der Waals surface area (Å²) in [5.41, 5.74) is 3.01. The maximum Gasteiger partial charge on any atom is 0.253 e. The Morgan fingerprint density at radius 1 is 1.00 bits per heavy atom. The molecule has 1 aliphatic heterocycles. The number of phenols is 1. The van der Waals surface area contributed by atoms with Crippen LogP contribution in [0.1, 0.15) is 52.6 Å². The standard InChI is InChI=1S/C29H32Cl2N2O2/c1-32(29(35)22-6-3-2-4-7-22)20-25(24-10-11-27(30)28(31)19-24)14-17-33-15-12-21(13-16-33)23-8-5-9-26(34)18-23/h2-11,18-19,21,25,34H,12-17,20H2,1H3. The number of likely N-dealkylation sites (N-methyl/N-ethyl adjacent to an activating group) is 1. The van der Waals surface area contributed by atoms with E-state index < -0.39 is 0 Å². The van der Waals surface area contributed by atoms with Gasteiger partial charge in [0.05, 0.1) is 10.0 Å². The molecule has 1 saturated heterocycles. The molecule has 1 aliphatic rings. The molecule has 0 aliphatic carbocycles. The summed E-state index contributed by atoms with van der Waals surface area (Å²) >= 11 is 12.5. The number of hydrogen-bond acceptors (Lipinski definition) is 3. The van der Waals surface area contributed by atoms with Gasteiger partial charge in [0.2, 0.25) is 0 Å². The van der Waals surface area contributed by atoms with Crippen molar-refractivity contribution in [2.24, 2.45) is 0 Å². The van der Waals surface area contributed by atoms with Gasteiger partial charge < -0.3 is 14.9 Å². The first-order valence-corrected chi connectivity index (χ1v) is 12.9. The Morgan fingerprint density at radius 2 is 1.74 bits per heavy atom. The number of likely N-dealkylation sites (tertiary alicyclic amines) is 1. The number of nitrogens with zero attached hydrogens (tertiary/aromatic N) is 2. The highest BCUT2D eigenvalue weighted by Crippen LogP contribution is 2.32. The van der Waals surface area contributed by atoms with Gasteiger partial charge in [0.1, 0.15) is 5.75 Å². The lowest BCUT2D eigenvalue weighted by Gasteiger charge is -2.34. The number of phenolic OH excluding ortho intramolecular Hbond substituents is 1. The molecule has 0 spiro atoms. The van der Waals surface area contributed by atoms with Crippen molar-refractivity contribution >= 4 is 29.1 Å². The number of aromatic hydroxyl groups is 1. The number of piperidine rings is 1. The fourth-order valence-corrected chi connectivity index (χ4v) is 5.26. The summed E-state index contributed by atoms with van der Waals surface area (Å²) in [4.78, 5) is 17.3. The predicted molar refractivity (Wildman–Crippen MR) is 144 cm³/mol. The Morgan fingerprint density at radius 3 is 2.43 bits per heavy atom. The van der Waals surface area contributed by atoms with E-state index >= 15 is 0 Å². The van der Waals surface area contributed by atoms with E-state index in [0.717, 1.165) is 44.5 Å². The number of amides is 1. The molecule has 1 amide bonds. The lowest BCUT2D eigenvalue weighted by molar-refractivity contribution is 0.0781. The third kappa shape index (κ3) is 6.78. The average molecular weight is 511 g/mol. The molecule has 0 radical (unpaired) electrons. The molecule has 0 saturated carbocycles. The third-order valence-corrected chi connectivity index (χ3v) is 7.74. The lowest BCUT2D eigenvalue weighted by Crippen LogP contribution is -2.36. The highest BCUT2D eigenvalue weighted by Gasteiger charge is 2.24. The summed E-state index contributed by atoms with van der Waals surface area (Å²) in [6.45, 7) is 3.59. The van der Waals surface area contributed by atoms with Crippen LogP contribution in [-0.2, 0) is 0 Å². The van der Waals surface area contributed by atoms with Crippen molar-refractivity contribution in [2.45, 2.75) is 31.1 Å². The first kappa shape index (κ1) is 25.6. The second-order valence-electron chi connectivity index (χ2n) is 9.42. The van der Waals surface area contributed by atoms with Gasteiger partial charge in [0.15, 0.2) is 0 Å². The Kier molecular flexibility index (Phi) is 8.72. The Bertz CT molecular complexity index is 1130. The molecule has 6 heteroatoms. The maximum atomic E-state index is 13.0. The number of rotatable bonds is 8. The smallest absolute Gasteiger partial charge is 0.253 e. The van der Waals surface area contributed by atoms with Gasteiger partial charge in [-0.15, -0.1) is 0 Å². The molecule has 184 valence electrons. The second kappa shape index (κ2) is 11.9. The summed E-state index contributed by atoms with van der Waals surface area (Å²) in [6.07, 6.45) is 3.07. The highest BCUT2D eigenvalue weighted by atomic mass is 35.5. The zero-order valence-corrected chi connectivity index (χ0v) is 21.6. The van der Waals surface area contributed by atoms with Crippen LogP contribution in [0.15, 0.2) is 72.8 Å². The van der Waals surface area contributed by atoms with Crippen LogP contribution in [0.3, 0.4) is 0 Å². The first-order chi connectivity index (χ1) is 16.9. The molecule has 3 aromatic rings. The van der Waals surface area contributed by atoms with Crippen molar-refractivity contribution in [1.82, 2.24) is 9.80 Å². The van der Waals surface area contributed by atoms with Crippen LogP contribution in [0.5, 0.6) is 5.75 Å². The quantitative estimate of drug-likeness (QED) is 0.361. The zero-order valence-electron chi connectivity index (χ0n) is 20.0. The molecule has 1 atom stereocenters. The number of halogens is 2. The molecule has 1 heterocycles. The minimum atomic E-state index is 0.0163. The third-order valence-electron chi connectivity index (χ3n) is 7.00. The van der Waals surface area contributed by atoms with Crippen LogP contribution < -0.4 is 0 Å². The van der Waals surface area contributed by atoms with Crippen molar-refractivity contribution < 1.29 is 9.90 Å². The zero-order chi connectivity index (χ0) is 24.8. The van der Waals surface area contributed by atoms with E-state index in [0.29, 0.717) is 33.8 Å². The van der Waals surface area contributed by atoms with E-state index in [4.69, 9.17) is 23.2 Å². The van der Waals surface area contributed by atoms with E-state index in [9.17, 15) is 9.90 Å². The van der Waals surface area contributed by atoms with Crippen LogP contribution in [0.2, 0.25) is 10.0 Å². The Balaban J connectivity index is 1.40. The Labute approximate surface area is 218 Å². The van der Waals surface area contributed by atoms with Crippen molar-refractivity contribution in [1.29, 1.82) is 0 Å². The lowest BCUT2D eigenvalue weighted by atomic mass is 9.88. The molecular weight excluding hydrogens is 479 g/mol. The van der Waals surface area contributed by atoms with E-state index in [1.807, 2.05) is 67.7 Å². The van der Waals surface area contributed by atoms with Gasteiger partial charge in [0, 0.05) is 25.1 Å². The van der Waals surface area contributed by atoms with Crippen molar-refractivity contribution in [3.63, 3.8) is 0 Å². The van der Waals surface area contributed by atoms with Crippen molar-refractivity contribution in [3.8, 4) is 5.75 Å². The van der Waals surface area contributed by atoms with Crippen molar-refractivity contribution in [3.05, 3.63) is 99.5 Å². The largest absolute Gasteiger partial charge is 0.508 e. The number of carbonyl (C=O) groups is 1. The minimum absolute atomic E-state index is 0.0163. The molecule has 1 fully saturated rings. The van der Waals surface area contributed by atoms with E-state index in [-0.39, 0.29) is 11.8 Å².